The molecule has 0 unspecified atom stereocenters. The van der Waals surface area contributed by atoms with Crippen molar-refractivity contribution in [3.63, 3.8) is 0 Å². The van der Waals surface area contributed by atoms with E-state index in [9.17, 15) is 9.59 Å². The molecule has 0 radical (unpaired) electrons. The summed E-state index contributed by atoms with van der Waals surface area (Å²) in [6.07, 6.45) is 0. The third kappa shape index (κ3) is 3.31. The average Bonchev–Trinajstić information content (AvgIpc) is 2.80. The van der Waals surface area contributed by atoms with Gasteiger partial charge in [0.1, 0.15) is 5.58 Å². The summed E-state index contributed by atoms with van der Waals surface area (Å²) < 4.78 is 7.06. The molecule has 0 atom stereocenters. The van der Waals surface area contributed by atoms with Gasteiger partial charge in [0.05, 0.1) is 4.47 Å². The van der Waals surface area contributed by atoms with Gasteiger partial charge in [-0.05, 0) is 41.1 Å². The van der Waals surface area contributed by atoms with E-state index in [-0.39, 0.29) is 5.76 Å². The van der Waals surface area contributed by atoms with Crippen molar-refractivity contribution in [2.24, 2.45) is 0 Å². The van der Waals surface area contributed by atoms with Gasteiger partial charge in [-0.2, -0.15) is 0 Å². The summed E-state index contributed by atoms with van der Waals surface area (Å²) in [6, 6.07) is 4.76. The second kappa shape index (κ2) is 6.27. The first-order valence-electron chi connectivity index (χ1n) is 5.74. The van der Waals surface area contributed by atoms with Crippen molar-refractivity contribution in [1.82, 2.24) is 16.2 Å². The lowest BCUT2D eigenvalue weighted by Crippen LogP contribution is -2.46. The van der Waals surface area contributed by atoms with Gasteiger partial charge in [-0.1, -0.05) is 15.9 Å². The Morgan fingerprint density at radius 2 is 1.95 bits per heavy atom. The molecule has 1 aromatic heterocycles. The quantitative estimate of drug-likeness (QED) is 0.673. The van der Waals surface area contributed by atoms with Crippen LogP contribution in [0.1, 0.15) is 17.5 Å². The zero-order valence-corrected chi connectivity index (χ0v) is 13.6. The van der Waals surface area contributed by atoms with Crippen LogP contribution in [0, 0.1) is 0 Å². The Labute approximate surface area is 131 Å². The smallest absolute Gasteiger partial charge is 0.333 e. The van der Waals surface area contributed by atoms with Gasteiger partial charge in [-0.15, -0.1) is 0 Å². The van der Waals surface area contributed by atoms with E-state index >= 15 is 0 Å². The van der Waals surface area contributed by atoms with E-state index in [0.717, 1.165) is 14.3 Å². The van der Waals surface area contributed by atoms with Crippen molar-refractivity contribution in [2.75, 3.05) is 6.54 Å². The number of hydrogen-bond acceptors (Lipinski definition) is 3. The molecule has 0 bridgehead atoms. The van der Waals surface area contributed by atoms with Crippen molar-refractivity contribution in [1.29, 1.82) is 0 Å². The number of halogens is 2. The number of amides is 3. The third-order valence-corrected chi connectivity index (χ3v) is 3.43. The van der Waals surface area contributed by atoms with Crippen LogP contribution >= 0.6 is 31.9 Å². The Kier molecular flexibility index (Phi) is 4.66. The summed E-state index contributed by atoms with van der Waals surface area (Å²) in [4.78, 5) is 23.0. The van der Waals surface area contributed by atoms with E-state index in [1.807, 2.05) is 12.1 Å². The Bertz CT molecular complexity index is 669. The van der Waals surface area contributed by atoms with Gasteiger partial charge in [0.25, 0.3) is 0 Å². The highest BCUT2D eigenvalue weighted by atomic mass is 79.9. The molecule has 8 heteroatoms. The summed E-state index contributed by atoms with van der Waals surface area (Å²) in [5.74, 6) is -0.425. The number of urea groups is 1. The lowest BCUT2D eigenvalue weighted by molar-refractivity contribution is 0.0910. The Hall–Kier alpha value is -1.54. The predicted octanol–water partition coefficient (Wildman–Crippen LogP) is 2.92. The van der Waals surface area contributed by atoms with Crippen LogP contribution in [0.4, 0.5) is 4.79 Å². The van der Waals surface area contributed by atoms with Crippen LogP contribution in [0.2, 0.25) is 0 Å². The predicted molar refractivity (Wildman–Crippen MR) is 81.3 cm³/mol. The van der Waals surface area contributed by atoms with E-state index in [0.29, 0.717) is 12.1 Å². The van der Waals surface area contributed by atoms with Crippen LogP contribution in [0.3, 0.4) is 0 Å². The molecule has 1 aromatic carbocycles. The molecule has 0 saturated carbocycles. The van der Waals surface area contributed by atoms with Gasteiger partial charge >= 0.3 is 11.9 Å². The van der Waals surface area contributed by atoms with Crippen molar-refractivity contribution >= 4 is 54.8 Å². The van der Waals surface area contributed by atoms with Crippen molar-refractivity contribution in [3.8, 4) is 0 Å². The van der Waals surface area contributed by atoms with Gasteiger partial charge in [0.15, 0.2) is 5.76 Å². The topological polar surface area (TPSA) is 83.4 Å². The molecular formula is C12H11Br2N3O3. The van der Waals surface area contributed by atoms with E-state index in [1.54, 1.807) is 13.0 Å². The second-order valence-corrected chi connectivity index (χ2v) is 5.63. The Morgan fingerprint density at radius 3 is 2.65 bits per heavy atom. The minimum atomic E-state index is -0.532. The highest BCUT2D eigenvalue weighted by Gasteiger charge is 2.15. The van der Waals surface area contributed by atoms with Crippen LogP contribution in [-0.2, 0) is 0 Å². The molecule has 0 aliphatic rings. The molecule has 106 valence electrons. The summed E-state index contributed by atoms with van der Waals surface area (Å²) in [5.41, 5.74) is 5.04. The highest BCUT2D eigenvalue weighted by molar-refractivity contribution is 9.11. The molecule has 2 aromatic rings. The maximum Gasteiger partial charge on any atom is 0.333 e. The first-order valence-corrected chi connectivity index (χ1v) is 7.32. The zero-order valence-electron chi connectivity index (χ0n) is 10.4. The zero-order chi connectivity index (χ0) is 14.7. The molecule has 20 heavy (non-hydrogen) atoms. The first kappa shape index (κ1) is 14.9. The molecule has 3 N–H and O–H groups in total. The van der Waals surface area contributed by atoms with Crippen LogP contribution in [0.5, 0.6) is 0 Å². The van der Waals surface area contributed by atoms with Crippen molar-refractivity contribution in [3.05, 3.63) is 32.9 Å². The van der Waals surface area contributed by atoms with Crippen molar-refractivity contribution in [2.45, 2.75) is 6.92 Å². The van der Waals surface area contributed by atoms with E-state index in [1.165, 1.54) is 0 Å². The Morgan fingerprint density at radius 1 is 1.20 bits per heavy atom. The molecule has 0 spiro atoms. The summed E-state index contributed by atoms with van der Waals surface area (Å²) >= 11 is 6.72. The van der Waals surface area contributed by atoms with Crippen LogP contribution in [-0.4, -0.2) is 18.5 Å². The molecule has 0 saturated heterocycles. The number of rotatable bonds is 2. The minimum absolute atomic E-state index is 0.107. The lowest BCUT2D eigenvalue weighted by atomic mass is 10.2. The summed E-state index contributed by atoms with van der Waals surface area (Å²) in [7, 11) is 0. The monoisotopic (exact) mass is 403 g/mol. The minimum Gasteiger partial charge on any atom is -0.450 e. The fourth-order valence-electron chi connectivity index (χ4n) is 1.57. The van der Waals surface area contributed by atoms with Gasteiger partial charge in [-0.3, -0.25) is 10.2 Å². The lowest BCUT2D eigenvalue weighted by Gasteiger charge is -2.05. The number of fused-ring (bicyclic) bond motifs is 1. The molecule has 2 rings (SSSR count). The number of benzene rings is 1. The fraction of sp³-hybridized carbons (Fsp3) is 0.167. The van der Waals surface area contributed by atoms with Gasteiger partial charge in [-0.25, -0.2) is 10.2 Å². The molecule has 3 amide bonds. The maximum absolute atomic E-state index is 11.8. The van der Waals surface area contributed by atoms with Gasteiger partial charge < -0.3 is 9.73 Å². The average molecular weight is 405 g/mol. The molecule has 0 aliphatic heterocycles. The number of nitrogens with one attached hydrogen (secondary N) is 3. The number of hydrazine groups is 1. The van der Waals surface area contributed by atoms with Gasteiger partial charge in [0.2, 0.25) is 0 Å². The summed E-state index contributed by atoms with van der Waals surface area (Å²) in [6.45, 7) is 2.24. The van der Waals surface area contributed by atoms with E-state index in [4.69, 9.17) is 4.42 Å². The third-order valence-electron chi connectivity index (χ3n) is 2.39. The van der Waals surface area contributed by atoms with E-state index in [2.05, 4.69) is 48.0 Å². The molecule has 6 nitrogen and oxygen atoms in total. The standard InChI is InChI=1S/C12H11Br2N3O3/c1-2-15-12(19)17-16-11(18)9-4-6-3-7(13)5-8(14)10(6)20-9/h3-5H,2H2,1H3,(H,16,18)(H2,15,17,19). The summed E-state index contributed by atoms with van der Waals surface area (Å²) in [5, 5.41) is 3.26. The highest BCUT2D eigenvalue weighted by Crippen LogP contribution is 2.30. The largest absolute Gasteiger partial charge is 0.450 e. The van der Waals surface area contributed by atoms with Crippen LogP contribution in [0.15, 0.2) is 31.6 Å². The van der Waals surface area contributed by atoms with Gasteiger partial charge in [0, 0.05) is 16.4 Å². The van der Waals surface area contributed by atoms with E-state index < -0.39 is 11.9 Å². The number of hydrogen-bond donors (Lipinski definition) is 3. The van der Waals surface area contributed by atoms with Crippen LogP contribution in [0.25, 0.3) is 11.0 Å². The SMILES string of the molecule is CCNC(=O)NNC(=O)c1cc2cc(Br)cc(Br)c2o1. The fourth-order valence-corrected chi connectivity index (χ4v) is 2.91. The molecule has 1 heterocycles. The number of carbonyl (C=O) groups is 2. The normalized spacial score (nSPS) is 10.3. The molecule has 0 aliphatic carbocycles. The first-order chi connectivity index (χ1) is 9.51. The number of furan rings is 1. The van der Waals surface area contributed by atoms with Crippen molar-refractivity contribution < 1.29 is 14.0 Å². The molecular weight excluding hydrogens is 394 g/mol. The Balaban J connectivity index is 2.15. The second-order valence-electron chi connectivity index (χ2n) is 3.86. The molecule has 0 fully saturated rings. The maximum atomic E-state index is 11.8. The number of carbonyl (C=O) groups excluding carboxylic acids is 2. The van der Waals surface area contributed by atoms with Crippen LogP contribution < -0.4 is 16.2 Å².